The Morgan fingerprint density at radius 2 is 2.00 bits per heavy atom. The van der Waals surface area contributed by atoms with Crippen molar-refractivity contribution in [3.05, 3.63) is 0 Å². The monoisotopic (exact) mass is 202 g/mol. The Morgan fingerprint density at radius 1 is 1.43 bits per heavy atom. The molecular weight excluding hydrogens is 180 g/mol. The number of hydrogen-bond acceptors (Lipinski definition) is 3. The van der Waals surface area contributed by atoms with Crippen molar-refractivity contribution in [2.45, 2.75) is 38.8 Å². The molecule has 4 nitrogen and oxygen atoms in total. The molecule has 0 spiro atoms. The van der Waals surface area contributed by atoms with Gasteiger partial charge >= 0.3 is 0 Å². The molecule has 0 heterocycles. The third-order valence-electron chi connectivity index (χ3n) is 2.03. The number of amides is 1. The van der Waals surface area contributed by atoms with Gasteiger partial charge in [0.1, 0.15) is 0 Å². The first kappa shape index (κ1) is 13.4. The molecule has 0 fully saturated rings. The number of nitrogens with zero attached hydrogens (tertiary/aromatic N) is 1. The van der Waals surface area contributed by atoms with Crippen LogP contribution in [0.2, 0.25) is 0 Å². The average molecular weight is 202 g/mol. The Hall–Kier alpha value is -0.610. The number of hydrogen-bond donors (Lipinski definition) is 2. The minimum atomic E-state index is -0.290. The average Bonchev–Trinajstić information content (AvgIpc) is 2.02. The molecule has 0 saturated carbocycles. The first-order chi connectivity index (χ1) is 6.43. The molecule has 1 amide bonds. The zero-order valence-electron chi connectivity index (χ0n) is 9.58. The van der Waals surface area contributed by atoms with E-state index in [0.29, 0.717) is 13.0 Å². The maximum atomic E-state index is 11.2. The molecular formula is C10H22N2O2. The van der Waals surface area contributed by atoms with Crippen LogP contribution in [0.5, 0.6) is 0 Å². The summed E-state index contributed by atoms with van der Waals surface area (Å²) in [6, 6.07) is 0.255. The van der Waals surface area contributed by atoms with Gasteiger partial charge in [0.05, 0.1) is 6.10 Å². The zero-order valence-corrected chi connectivity index (χ0v) is 9.58. The van der Waals surface area contributed by atoms with E-state index in [0.717, 1.165) is 6.42 Å². The van der Waals surface area contributed by atoms with Crippen molar-refractivity contribution in [1.29, 1.82) is 0 Å². The van der Waals surface area contributed by atoms with Crippen LogP contribution in [0.3, 0.4) is 0 Å². The lowest BCUT2D eigenvalue weighted by Crippen LogP contribution is -2.33. The molecule has 0 aromatic heterocycles. The summed E-state index contributed by atoms with van der Waals surface area (Å²) < 4.78 is 0. The molecule has 0 bridgehead atoms. The first-order valence-corrected chi connectivity index (χ1v) is 5.05. The highest BCUT2D eigenvalue weighted by Crippen LogP contribution is 1.96. The smallest absolute Gasteiger partial charge is 0.223 e. The molecule has 2 N–H and O–H groups in total. The summed E-state index contributed by atoms with van der Waals surface area (Å²) in [5.74, 6) is 0.127. The van der Waals surface area contributed by atoms with Gasteiger partial charge in [-0.05, 0) is 20.3 Å². The Bertz CT molecular complexity index is 170. The van der Waals surface area contributed by atoms with Gasteiger partial charge in [0, 0.05) is 33.1 Å². The fraction of sp³-hybridized carbons (Fsp3) is 0.900. The van der Waals surface area contributed by atoms with Crippen LogP contribution in [0.15, 0.2) is 0 Å². The molecule has 84 valence electrons. The van der Waals surface area contributed by atoms with Gasteiger partial charge in [-0.2, -0.15) is 0 Å². The SMILES string of the molecule is CC(O)CC(C)NCCC(=O)N(C)C. The van der Waals surface area contributed by atoms with Crippen LogP contribution >= 0.6 is 0 Å². The third kappa shape index (κ3) is 6.86. The summed E-state index contributed by atoms with van der Waals surface area (Å²) in [4.78, 5) is 12.8. The molecule has 0 aromatic rings. The number of rotatable bonds is 6. The minimum Gasteiger partial charge on any atom is -0.393 e. The fourth-order valence-corrected chi connectivity index (χ4v) is 1.24. The highest BCUT2D eigenvalue weighted by Gasteiger charge is 2.07. The molecule has 0 rings (SSSR count). The maximum absolute atomic E-state index is 11.2. The molecule has 2 atom stereocenters. The van der Waals surface area contributed by atoms with Crippen molar-refractivity contribution >= 4 is 5.91 Å². The van der Waals surface area contributed by atoms with Gasteiger partial charge < -0.3 is 15.3 Å². The Labute approximate surface area is 86.3 Å². The van der Waals surface area contributed by atoms with Gasteiger partial charge in [0.15, 0.2) is 0 Å². The first-order valence-electron chi connectivity index (χ1n) is 5.05. The van der Waals surface area contributed by atoms with Crippen LogP contribution in [-0.2, 0) is 4.79 Å². The molecule has 4 heteroatoms. The lowest BCUT2D eigenvalue weighted by molar-refractivity contribution is -0.128. The molecule has 14 heavy (non-hydrogen) atoms. The highest BCUT2D eigenvalue weighted by atomic mass is 16.3. The molecule has 2 unspecified atom stereocenters. The second-order valence-corrected chi connectivity index (χ2v) is 3.98. The van der Waals surface area contributed by atoms with Gasteiger partial charge in [0.2, 0.25) is 5.91 Å². The van der Waals surface area contributed by atoms with Crippen molar-refractivity contribution < 1.29 is 9.90 Å². The molecule has 0 aromatic carbocycles. The Kier molecular flexibility index (Phi) is 6.49. The number of aliphatic hydroxyl groups excluding tert-OH is 1. The molecule has 0 aliphatic heterocycles. The number of aliphatic hydroxyl groups is 1. The predicted octanol–water partition coefficient (Wildman–Crippen LogP) is 0.214. The van der Waals surface area contributed by atoms with Crippen molar-refractivity contribution in [2.24, 2.45) is 0 Å². The van der Waals surface area contributed by atoms with E-state index in [-0.39, 0.29) is 18.1 Å². The van der Waals surface area contributed by atoms with Crippen LogP contribution in [0, 0.1) is 0 Å². The van der Waals surface area contributed by atoms with Crippen LogP contribution in [0.4, 0.5) is 0 Å². The van der Waals surface area contributed by atoms with Crippen molar-refractivity contribution in [2.75, 3.05) is 20.6 Å². The van der Waals surface area contributed by atoms with Gasteiger partial charge in [-0.3, -0.25) is 4.79 Å². The third-order valence-corrected chi connectivity index (χ3v) is 2.03. The van der Waals surface area contributed by atoms with E-state index in [1.165, 1.54) is 0 Å². The van der Waals surface area contributed by atoms with Crippen molar-refractivity contribution in [3.8, 4) is 0 Å². The largest absolute Gasteiger partial charge is 0.393 e. The van der Waals surface area contributed by atoms with E-state index in [4.69, 9.17) is 5.11 Å². The van der Waals surface area contributed by atoms with Crippen LogP contribution in [0.1, 0.15) is 26.7 Å². The van der Waals surface area contributed by atoms with Crippen LogP contribution < -0.4 is 5.32 Å². The summed E-state index contributed by atoms with van der Waals surface area (Å²) in [6.07, 6.45) is 0.940. The van der Waals surface area contributed by atoms with E-state index in [9.17, 15) is 4.79 Å². The van der Waals surface area contributed by atoms with Gasteiger partial charge in [-0.1, -0.05) is 0 Å². The lowest BCUT2D eigenvalue weighted by Gasteiger charge is -2.16. The van der Waals surface area contributed by atoms with Crippen LogP contribution in [0.25, 0.3) is 0 Å². The van der Waals surface area contributed by atoms with E-state index >= 15 is 0 Å². The second kappa shape index (κ2) is 6.79. The molecule has 0 aliphatic carbocycles. The summed E-state index contributed by atoms with van der Waals surface area (Å²) >= 11 is 0. The van der Waals surface area contributed by atoms with Crippen molar-refractivity contribution in [3.63, 3.8) is 0 Å². The van der Waals surface area contributed by atoms with E-state index in [1.807, 2.05) is 6.92 Å². The number of nitrogens with one attached hydrogen (secondary N) is 1. The number of carbonyl (C=O) groups is 1. The molecule has 0 saturated heterocycles. The van der Waals surface area contributed by atoms with Gasteiger partial charge in [-0.15, -0.1) is 0 Å². The minimum absolute atomic E-state index is 0.127. The van der Waals surface area contributed by atoms with Crippen LogP contribution in [-0.4, -0.2) is 48.7 Å². The summed E-state index contributed by atoms with van der Waals surface area (Å²) in [6.45, 7) is 4.45. The lowest BCUT2D eigenvalue weighted by atomic mass is 10.1. The van der Waals surface area contributed by atoms with Gasteiger partial charge in [0.25, 0.3) is 0 Å². The van der Waals surface area contributed by atoms with E-state index in [1.54, 1.807) is 25.9 Å². The normalized spacial score (nSPS) is 14.9. The molecule has 0 aliphatic rings. The molecule has 0 radical (unpaired) electrons. The van der Waals surface area contributed by atoms with E-state index in [2.05, 4.69) is 5.32 Å². The Morgan fingerprint density at radius 3 is 2.43 bits per heavy atom. The number of carbonyl (C=O) groups excluding carboxylic acids is 1. The summed E-state index contributed by atoms with van der Waals surface area (Å²) in [5.41, 5.74) is 0. The highest BCUT2D eigenvalue weighted by molar-refractivity contribution is 5.75. The maximum Gasteiger partial charge on any atom is 0.223 e. The summed E-state index contributed by atoms with van der Waals surface area (Å²) in [5, 5.41) is 12.3. The van der Waals surface area contributed by atoms with Crippen molar-refractivity contribution in [1.82, 2.24) is 10.2 Å². The fourth-order valence-electron chi connectivity index (χ4n) is 1.24. The second-order valence-electron chi connectivity index (χ2n) is 3.98. The Balaban J connectivity index is 3.49. The quantitative estimate of drug-likeness (QED) is 0.647. The zero-order chi connectivity index (χ0) is 11.1. The standard InChI is InChI=1S/C10H22N2O2/c1-8(7-9(2)13)11-6-5-10(14)12(3)4/h8-9,11,13H,5-7H2,1-4H3. The topological polar surface area (TPSA) is 52.6 Å². The van der Waals surface area contributed by atoms with E-state index < -0.39 is 0 Å². The van der Waals surface area contributed by atoms with Gasteiger partial charge in [-0.25, -0.2) is 0 Å². The predicted molar refractivity (Wildman–Crippen MR) is 57.1 cm³/mol. The summed E-state index contributed by atoms with van der Waals surface area (Å²) in [7, 11) is 3.50.